The summed E-state index contributed by atoms with van der Waals surface area (Å²) in [6, 6.07) is 8.23. The molecule has 0 aliphatic rings. The molecule has 0 spiro atoms. The van der Waals surface area contributed by atoms with Crippen molar-refractivity contribution in [1.82, 2.24) is 14.6 Å². The number of hydrogen-bond donors (Lipinski definition) is 1. The van der Waals surface area contributed by atoms with Gasteiger partial charge in [0.25, 0.3) is 0 Å². The number of hydrogen-bond acceptors (Lipinski definition) is 1. The maximum absolute atomic E-state index is 12.7. The molecular formula is C11H8FN3. The minimum absolute atomic E-state index is 0.233. The first-order valence-electron chi connectivity index (χ1n) is 4.62. The molecule has 3 rings (SSSR count). The molecule has 0 fully saturated rings. The summed E-state index contributed by atoms with van der Waals surface area (Å²) in [4.78, 5) is 3.05. The molecule has 74 valence electrons. The molecule has 0 aliphatic carbocycles. The maximum atomic E-state index is 12.7. The molecule has 0 bridgehead atoms. The Bertz CT molecular complexity index is 563. The highest BCUT2D eigenvalue weighted by atomic mass is 19.1. The van der Waals surface area contributed by atoms with Gasteiger partial charge in [-0.15, -0.1) is 0 Å². The summed E-state index contributed by atoms with van der Waals surface area (Å²) < 4.78 is 14.5. The van der Waals surface area contributed by atoms with Crippen LogP contribution in [-0.4, -0.2) is 14.6 Å². The lowest BCUT2D eigenvalue weighted by Crippen LogP contribution is -1.82. The largest absolute Gasteiger partial charge is 0.345 e. The predicted molar refractivity (Wildman–Crippen MR) is 54.9 cm³/mol. The average molecular weight is 201 g/mol. The second-order valence-corrected chi connectivity index (χ2v) is 3.33. The van der Waals surface area contributed by atoms with Crippen LogP contribution in [0.3, 0.4) is 0 Å². The van der Waals surface area contributed by atoms with Crippen LogP contribution in [-0.2, 0) is 0 Å². The molecule has 4 heteroatoms. The molecule has 0 amide bonds. The van der Waals surface area contributed by atoms with Crippen LogP contribution in [0.5, 0.6) is 0 Å². The zero-order chi connectivity index (χ0) is 10.3. The second kappa shape index (κ2) is 2.95. The molecule has 0 saturated carbocycles. The molecule has 2 heterocycles. The first-order chi connectivity index (χ1) is 7.33. The predicted octanol–water partition coefficient (Wildman–Crippen LogP) is 2.47. The average Bonchev–Trinajstić information content (AvgIpc) is 2.78. The fourth-order valence-corrected chi connectivity index (χ4v) is 1.57. The summed E-state index contributed by atoms with van der Waals surface area (Å²) in [6.07, 6.45) is 3.65. The molecule has 0 unspecified atom stereocenters. The summed E-state index contributed by atoms with van der Waals surface area (Å²) in [5.41, 5.74) is 2.67. The molecule has 3 aromatic rings. The van der Waals surface area contributed by atoms with E-state index in [1.807, 2.05) is 18.5 Å². The Morgan fingerprint density at radius 1 is 1.20 bits per heavy atom. The zero-order valence-corrected chi connectivity index (χ0v) is 7.81. The van der Waals surface area contributed by atoms with Crippen LogP contribution in [0.2, 0.25) is 0 Å². The molecule has 0 radical (unpaired) electrons. The van der Waals surface area contributed by atoms with Crippen molar-refractivity contribution in [3.05, 3.63) is 48.5 Å². The highest BCUT2D eigenvalue weighted by Gasteiger charge is 2.04. The van der Waals surface area contributed by atoms with Crippen LogP contribution >= 0.6 is 0 Å². The first kappa shape index (κ1) is 8.23. The molecule has 3 nitrogen and oxygen atoms in total. The number of imidazole rings is 1. The van der Waals surface area contributed by atoms with Crippen molar-refractivity contribution >= 4 is 5.65 Å². The van der Waals surface area contributed by atoms with E-state index in [0.29, 0.717) is 0 Å². The topological polar surface area (TPSA) is 33.1 Å². The lowest BCUT2D eigenvalue weighted by atomic mass is 10.1. The van der Waals surface area contributed by atoms with E-state index in [-0.39, 0.29) is 5.82 Å². The Morgan fingerprint density at radius 3 is 2.73 bits per heavy atom. The van der Waals surface area contributed by atoms with E-state index in [4.69, 9.17) is 0 Å². The van der Waals surface area contributed by atoms with E-state index in [1.165, 1.54) is 12.1 Å². The van der Waals surface area contributed by atoms with Crippen LogP contribution in [0, 0.1) is 5.82 Å². The Hall–Kier alpha value is -2.10. The minimum atomic E-state index is -0.233. The number of H-pyrrole nitrogens is 1. The van der Waals surface area contributed by atoms with Crippen LogP contribution in [0.4, 0.5) is 4.39 Å². The van der Waals surface area contributed by atoms with E-state index in [9.17, 15) is 4.39 Å². The molecule has 0 atom stereocenters. The van der Waals surface area contributed by atoms with Gasteiger partial charge in [0.2, 0.25) is 0 Å². The number of aromatic amines is 1. The van der Waals surface area contributed by atoms with Crippen LogP contribution in [0.15, 0.2) is 42.7 Å². The highest BCUT2D eigenvalue weighted by Crippen LogP contribution is 2.19. The number of aromatic nitrogens is 3. The van der Waals surface area contributed by atoms with E-state index in [2.05, 4.69) is 10.1 Å². The summed E-state index contributed by atoms with van der Waals surface area (Å²) >= 11 is 0. The fraction of sp³-hybridized carbons (Fsp3) is 0. The number of halogens is 1. The second-order valence-electron chi connectivity index (χ2n) is 3.33. The highest BCUT2D eigenvalue weighted by molar-refractivity contribution is 5.63. The van der Waals surface area contributed by atoms with E-state index >= 15 is 0 Å². The van der Waals surface area contributed by atoms with Gasteiger partial charge in [0.1, 0.15) is 11.5 Å². The van der Waals surface area contributed by atoms with Gasteiger partial charge in [0, 0.05) is 24.0 Å². The Kier molecular flexibility index (Phi) is 1.62. The quantitative estimate of drug-likeness (QED) is 0.644. The standard InChI is InChI=1S/C11H8FN3/c12-9-3-1-8(2-4-9)10-7-11-13-5-6-15(11)14-10/h1-7,13H. The van der Waals surface area contributed by atoms with Crippen molar-refractivity contribution in [2.24, 2.45) is 0 Å². The fourth-order valence-electron chi connectivity index (χ4n) is 1.57. The van der Waals surface area contributed by atoms with Gasteiger partial charge >= 0.3 is 0 Å². The monoisotopic (exact) mass is 201 g/mol. The Morgan fingerprint density at radius 2 is 2.00 bits per heavy atom. The molecule has 15 heavy (non-hydrogen) atoms. The number of benzene rings is 1. The first-order valence-corrected chi connectivity index (χ1v) is 4.62. The molecule has 1 aromatic carbocycles. The zero-order valence-electron chi connectivity index (χ0n) is 7.81. The van der Waals surface area contributed by atoms with Crippen LogP contribution in [0.1, 0.15) is 0 Å². The van der Waals surface area contributed by atoms with Crippen molar-refractivity contribution in [2.75, 3.05) is 0 Å². The van der Waals surface area contributed by atoms with Gasteiger partial charge in [0.05, 0.1) is 5.69 Å². The summed E-state index contributed by atoms with van der Waals surface area (Å²) in [6.45, 7) is 0. The lowest BCUT2D eigenvalue weighted by Gasteiger charge is -1.94. The van der Waals surface area contributed by atoms with Gasteiger partial charge in [-0.25, -0.2) is 8.91 Å². The number of rotatable bonds is 1. The lowest BCUT2D eigenvalue weighted by molar-refractivity contribution is 0.628. The molecule has 0 aliphatic heterocycles. The molecular weight excluding hydrogens is 193 g/mol. The van der Waals surface area contributed by atoms with E-state index in [1.54, 1.807) is 16.6 Å². The van der Waals surface area contributed by atoms with Gasteiger partial charge in [0.15, 0.2) is 0 Å². The third kappa shape index (κ3) is 1.30. The van der Waals surface area contributed by atoms with Gasteiger partial charge in [-0.05, 0) is 24.3 Å². The summed E-state index contributed by atoms with van der Waals surface area (Å²) in [5, 5.41) is 4.34. The van der Waals surface area contributed by atoms with E-state index < -0.39 is 0 Å². The van der Waals surface area contributed by atoms with E-state index in [0.717, 1.165) is 16.9 Å². The molecule has 2 aromatic heterocycles. The van der Waals surface area contributed by atoms with Gasteiger partial charge in [-0.1, -0.05) is 0 Å². The van der Waals surface area contributed by atoms with Crippen molar-refractivity contribution < 1.29 is 4.39 Å². The minimum Gasteiger partial charge on any atom is -0.345 e. The number of fused-ring (bicyclic) bond motifs is 1. The van der Waals surface area contributed by atoms with Gasteiger partial charge in [-0.3, -0.25) is 0 Å². The van der Waals surface area contributed by atoms with Crippen molar-refractivity contribution in [1.29, 1.82) is 0 Å². The Labute approximate surface area is 85.2 Å². The third-order valence-electron chi connectivity index (χ3n) is 2.32. The smallest absolute Gasteiger partial charge is 0.133 e. The van der Waals surface area contributed by atoms with Crippen molar-refractivity contribution in [3.63, 3.8) is 0 Å². The van der Waals surface area contributed by atoms with Crippen LogP contribution in [0.25, 0.3) is 16.9 Å². The molecule has 1 N–H and O–H groups in total. The number of nitrogens with one attached hydrogen (secondary N) is 1. The normalized spacial score (nSPS) is 11.0. The maximum Gasteiger partial charge on any atom is 0.133 e. The SMILES string of the molecule is Fc1ccc(-c2cc3[nH]ccn3n2)cc1. The molecule has 0 saturated heterocycles. The van der Waals surface area contributed by atoms with Gasteiger partial charge in [-0.2, -0.15) is 5.10 Å². The van der Waals surface area contributed by atoms with Crippen molar-refractivity contribution in [3.8, 4) is 11.3 Å². The van der Waals surface area contributed by atoms with Crippen LogP contribution < -0.4 is 0 Å². The summed E-state index contributed by atoms with van der Waals surface area (Å²) in [7, 11) is 0. The summed E-state index contributed by atoms with van der Waals surface area (Å²) in [5.74, 6) is -0.233. The Balaban J connectivity index is 2.13. The van der Waals surface area contributed by atoms with Gasteiger partial charge < -0.3 is 4.98 Å². The third-order valence-corrected chi connectivity index (χ3v) is 2.32. The number of nitrogens with zero attached hydrogens (tertiary/aromatic N) is 2. The van der Waals surface area contributed by atoms with Crippen molar-refractivity contribution in [2.45, 2.75) is 0 Å².